The predicted molar refractivity (Wildman–Crippen MR) is 92.2 cm³/mol. The van der Waals surface area contributed by atoms with Gasteiger partial charge < -0.3 is 16.0 Å². The number of nitrogens with two attached hydrogens (primary N) is 1. The van der Waals surface area contributed by atoms with Crippen LogP contribution in [-0.2, 0) is 4.79 Å². The van der Waals surface area contributed by atoms with Gasteiger partial charge in [0.2, 0.25) is 5.91 Å². The maximum absolute atomic E-state index is 12.6. The summed E-state index contributed by atoms with van der Waals surface area (Å²) in [5, 5.41) is 3.25. The molecule has 5 heteroatoms. The first-order valence-electron chi connectivity index (χ1n) is 8.81. The van der Waals surface area contributed by atoms with Crippen LogP contribution in [0.5, 0.6) is 0 Å². The van der Waals surface area contributed by atoms with Crippen molar-refractivity contribution in [1.82, 2.24) is 10.3 Å². The molecule has 2 atom stereocenters. The van der Waals surface area contributed by atoms with Crippen molar-refractivity contribution in [2.75, 3.05) is 18.0 Å². The molecule has 0 aromatic carbocycles. The number of hydrogen-bond donors (Lipinski definition) is 2. The average Bonchev–Trinajstić information content (AvgIpc) is 2.56. The number of piperidine rings is 1. The molecule has 0 radical (unpaired) electrons. The maximum atomic E-state index is 12.6. The predicted octanol–water partition coefficient (Wildman–Crippen LogP) is 2.07. The lowest BCUT2D eigenvalue weighted by Crippen LogP contribution is -2.55. The molecule has 126 valence electrons. The number of aromatic nitrogens is 1. The standard InChI is InChI=1S/C18H28N4O/c1-18(19)10-4-2-6-15(18)17(23)21-14-8-12-22(13-9-14)16-7-3-5-11-20-16/h3,5,7,11,14-15H,2,4,6,8-10,12-13,19H2,1H3,(H,21,23). The molecule has 0 bridgehead atoms. The fraction of sp³-hybridized carbons (Fsp3) is 0.667. The highest BCUT2D eigenvalue weighted by atomic mass is 16.2. The first-order chi connectivity index (χ1) is 11.1. The van der Waals surface area contributed by atoms with Crippen molar-refractivity contribution in [3.05, 3.63) is 24.4 Å². The zero-order valence-electron chi connectivity index (χ0n) is 14.0. The van der Waals surface area contributed by atoms with E-state index in [0.717, 1.165) is 57.4 Å². The molecule has 3 N–H and O–H groups in total. The van der Waals surface area contributed by atoms with Crippen molar-refractivity contribution < 1.29 is 4.79 Å². The van der Waals surface area contributed by atoms with Crippen LogP contribution in [0.15, 0.2) is 24.4 Å². The van der Waals surface area contributed by atoms with Crippen molar-refractivity contribution in [2.45, 2.75) is 57.0 Å². The lowest BCUT2D eigenvalue weighted by atomic mass is 9.74. The van der Waals surface area contributed by atoms with E-state index < -0.39 is 0 Å². The summed E-state index contributed by atoms with van der Waals surface area (Å²) in [6, 6.07) is 6.26. The van der Waals surface area contributed by atoms with Crippen LogP contribution >= 0.6 is 0 Å². The van der Waals surface area contributed by atoms with Crippen LogP contribution in [0.25, 0.3) is 0 Å². The Morgan fingerprint density at radius 2 is 2.09 bits per heavy atom. The second-order valence-electron chi connectivity index (χ2n) is 7.26. The van der Waals surface area contributed by atoms with E-state index in [9.17, 15) is 4.79 Å². The molecule has 1 aliphatic carbocycles. The fourth-order valence-electron chi connectivity index (χ4n) is 3.88. The van der Waals surface area contributed by atoms with Gasteiger partial charge in [-0.2, -0.15) is 0 Å². The average molecular weight is 316 g/mol. The highest BCUT2D eigenvalue weighted by molar-refractivity contribution is 5.80. The molecule has 2 fully saturated rings. The Hall–Kier alpha value is -1.62. The van der Waals surface area contributed by atoms with Gasteiger partial charge in [-0.15, -0.1) is 0 Å². The third-order valence-corrected chi connectivity index (χ3v) is 5.39. The highest BCUT2D eigenvalue weighted by Gasteiger charge is 2.38. The van der Waals surface area contributed by atoms with Crippen LogP contribution in [0.1, 0.15) is 45.4 Å². The zero-order chi connectivity index (χ0) is 16.3. The van der Waals surface area contributed by atoms with E-state index in [1.54, 1.807) is 0 Å². The van der Waals surface area contributed by atoms with Gasteiger partial charge in [-0.25, -0.2) is 4.98 Å². The van der Waals surface area contributed by atoms with Gasteiger partial charge in [-0.3, -0.25) is 4.79 Å². The smallest absolute Gasteiger partial charge is 0.225 e. The SMILES string of the molecule is CC1(N)CCCCC1C(=O)NC1CCN(c2ccccn2)CC1. The van der Waals surface area contributed by atoms with Crippen LogP contribution in [0.4, 0.5) is 5.82 Å². The molecule has 1 aliphatic heterocycles. The number of nitrogens with zero attached hydrogens (tertiary/aromatic N) is 2. The minimum atomic E-state index is -0.350. The topological polar surface area (TPSA) is 71.2 Å². The van der Waals surface area contributed by atoms with Crippen molar-refractivity contribution >= 4 is 11.7 Å². The van der Waals surface area contributed by atoms with Gasteiger partial charge in [0, 0.05) is 30.9 Å². The zero-order valence-corrected chi connectivity index (χ0v) is 14.0. The summed E-state index contributed by atoms with van der Waals surface area (Å²) in [6.07, 6.45) is 7.89. The summed E-state index contributed by atoms with van der Waals surface area (Å²) in [7, 11) is 0. The first-order valence-corrected chi connectivity index (χ1v) is 8.81. The van der Waals surface area contributed by atoms with E-state index in [2.05, 4.69) is 15.2 Å². The summed E-state index contributed by atoms with van der Waals surface area (Å²) >= 11 is 0. The second-order valence-corrected chi connectivity index (χ2v) is 7.26. The van der Waals surface area contributed by atoms with Gasteiger partial charge in [0.25, 0.3) is 0 Å². The van der Waals surface area contributed by atoms with E-state index in [4.69, 9.17) is 5.73 Å². The van der Waals surface area contributed by atoms with Gasteiger partial charge in [0.15, 0.2) is 0 Å². The third kappa shape index (κ3) is 3.83. The molecule has 2 unspecified atom stereocenters. The molecule has 1 aromatic rings. The van der Waals surface area contributed by atoms with E-state index in [0.29, 0.717) is 0 Å². The molecular formula is C18H28N4O. The van der Waals surface area contributed by atoms with E-state index >= 15 is 0 Å². The Balaban J connectivity index is 1.51. The van der Waals surface area contributed by atoms with E-state index in [-0.39, 0.29) is 23.4 Å². The molecular weight excluding hydrogens is 288 g/mol. The molecule has 5 nitrogen and oxygen atoms in total. The van der Waals surface area contributed by atoms with Crippen molar-refractivity contribution in [3.8, 4) is 0 Å². The number of carbonyl (C=O) groups excluding carboxylic acids is 1. The van der Waals surface area contributed by atoms with Crippen LogP contribution < -0.4 is 16.0 Å². The maximum Gasteiger partial charge on any atom is 0.225 e. The first kappa shape index (κ1) is 16.2. The highest BCUT2D eigenvalue weighted by Crippen LogP contribution is 2.32. The number of rotatable bonds is 3. The quantitative estimate of drug-likeness (QED) is 0.895. The lowest BCUT2D eigenvalue weighted by molar-refractivity contribution is -0.129. The molecule has 1 aromatic heterocycles. The normalized spacial score (nSPS) is 29.3. The number of hydrogen-bond acceptors (Lipinski definition) is 4. The Morgan fingerprint density at radius 3 is 2.74 bits per heavy atom. The van der Waals surface area contributed by atoms with Gasteiger partial charge >= 0.3 is 0 Å². The van der Waals surface area contributed by atoms with Crippen molar-refractivity contribution in [3.63, 3.8) is 0 Å². The lowest BCUT2D eigenvalue weighted by Gasteiger charge is -2.39. The number of pyridine rings is 1. The molecule has 1 amide bonds. The molecule has 3 rings (SSSR count). The Bertz CT molecular complexity index is 523. The summed E-state index contributed by atoms with van der Waals surface area (Å²) in [4.78, 5) is 19.3. The van der Waals surface area contributed by atoms with Gasteiger partial charge in [0.1, 0.15) is 5.82 Å². The summed E-state index contributed by atoms with van der Waals surface area (Å²) < 4.78 is 0. The monoisotopic (exact) mass is 316 g/mol. The Kier molecular flexibility index (Phi) is 4.85. The molecule has 0 spiro atoms. The van der Waals surface area contributed by atoms with Crippen molar-refractivity contribution in [2.24, 2.45) is 11.7 Å². The Morgan fingerprint density at radius 1 is 1.30 bits per heavy atom. The summed E-state index contributed by atoms with van der Waals surface area (Å²) in [5.74, 6) is 1.15. The van der Waals surface area contributed by atoms with Gasteiger partial charge in [-0.1, -0.05) is 18.9 Å². The Labute approximate surface area is 138 Å². The largest absolute Gasteiger partial charge is 0.356 e. The fourth-order valence-corrected chi connectivity index (χ4v) is 3.88. The van der Waals surface area contributed by atoms with Crippen LogP contribution in [0.2, 0.25) is 0 Å². The number of amides is 1. The number of nitrogens with one attached hydrogen (secondary N) is 1. The number of carbonyl (C=O) groups is 1. The summed E-state index contributed by atoms with van der Waals surface area (Å²) in [6.45, 7) is 3.90. The molecule has 2 aliphatic rings. The van der Waals surface area contributed by atoms with Crippen LogP contribution in [-0.4, -0.2) is 35.6 Å². The molecule has 1 saturated carbocycles. The molecule has 2 heterocycles. The minimum Gasteiger partial charge on any atom is -0.356 e. The molecule has 23 heavy (non-hydrogen) atoms. The van der Waals surface area contributed by atoms with Gasteiger partial charge in [-0.05, 0) is 44.7 Å². The van der Waals surface area contributed by atoms with Crippen LogP contribution in [0, 0.1) is 5.92 Å². The van der Waals surface area contributed by atoms with Crippen LogP contribution in [0.3, 0.4) is 0 Å². The van der Waals surface area contributed by atoms with E-state index in [1.807, 2.05) is 31.3 Å². The summed E-state index contributed by atoms with van der Waals surface area (Å²) in [5.41, 5.74) is 6.00. The van der Waals surface area contributed by atoms with Gasteiger partial charge in [0.05, 0.1) is 5.92 Å². The van der Waals surface area contributed by atoms with E-state index in [1.165, 1.54) is 0 Å². The minimum absolute atomic E-state index is 0.0370. The van der Waals surface area contributed by atoms with Crippen molar-refractivity contribution in [1.29, 1.82) is 0 Å². The third-order valence-electron chi connectivity index (χ3n) is 5.39. The second kappa shape index (κ2) is 6.87. The number of anilines is 1. The molecule has 1 saturated heterocycles.